The summed E-state index contributed by atoms with van der Waals surface area (Å²) in [7, 11) is 1.67. The molecule has 15 heavy (non-hydrogen) atoms. The van der Waals surface area contributed by atoms with Gasteiger partial charge in [0.15, 0.2) is 5.78 Å². The fourth-order valence-electron chi connectivity index (χ4n) is 1.47. The van der Waals surface area contributed by atoms with Crippen molar-refractivity contribution in [1.82, 2.24) is 10.2 Å². The number of likely N-dealkylation sites (N-methyl/N-ethyl adjacent to an activating group) is 1. The molecule has 1 aliphatic heterocycles. The van der Waals surface area contributed by atoms with Crippen molar-refractivity contribution in [2.75, 3.05) is 13.6 Å². The predicted molar refractivity (Wildman–Crippen MR) is 54.0 cm³/mol. The molecule has 1 rings (SSSR count). The van der Waals surface area contributed by atoms with Crippen LogP contribution in [-0.4, -0.2) is 42.1 Å². The summed E-state index contributed by atoms with van der Waals surface area (Å²) in [5.41, 5.74) is 0. The van der Waals surface area contributed by atoms with E-state index in [1.165, 1.54) is 0 Å². The zero-order valence-corrected chi connectivity index (χ0v) is 9.24. The lowest BCUT2D eigenvalue weighted by Crippen LogP contribution is -2.42. The van der Waals surface area contributed by atoms with Gasteiger partial charge in [-0.3, -0.25) is 19.3 Å². The van der Waals surface area contributed by atoms with E-state index in [4.69, 9.17) is 0 Å². The summed E-state index contributed by atoms with van der Waals surface area (Å²) in [6.07, 6.45) is 0.222. The van der Waals surface area contributed by atoms with Crippen LogP contribution in [0.5, 0.6) is 0 Å². The number of nitrogens with one attached hydrogen (secondary N) is 1. The summed E-state index contributed by atoms with van der Waals surface area (Å²) < 4.78 is 0. The molecule has 0 aromatic carbocycles. The first-order valence-corrected chi connectivity index (χ1v) is 5.01. The van der Waals surface area contributed by atoms with Crippen LogP contribution in [0, 0.1) is 5.92 Å². The predicted octanol–water partition coefficient (Wildman–Crippen LogP) is -0.442. The van der Waals surface area contributed by atoms with Gasteiger partial charge in [0.25, 0.3) is 0 Å². The van der Waals surface area contributed by atoms with Crippen LogP contribution in [0.4, 0.5) is 0 Å². The van der Waals surface area contributed by atoms with Crippen LogP contribution in [-0.2, 0) is 14.4 Å². The maximum absolute atomic E-state index is 11.5. The van der Waals surface area contributed by atoms with Gasteiger partial charge in [-0.05, 0) is 14.0 Å². The van der Waals surface area contributed by atoms with E-state index in [0.29, 0.717) is 0 Å². The highest BCUT2D eigenvalue weighted by Crippen LogP contribution is 2.18. The Morgan fingerprint density at radius 3 is 2.60 bits per heavy atom. The third-order valence-electron chi connectivity index (χ3n) is 2.70. The number of imide groups is 1. The quantitative estimate of drug-likeness (QED) is 0.641. The topological polar surface area (TPSA) is 66.5 Å². The lowest BCUT2D eigenvalue weighted by Gasteiger charge is -2.16. The first-order chi connectivity index (χ1) is 6.97. The highest BCUT2D eigenvalue weighted by atomic mass is 16.2. The van der Waals surface area contributed by atoms with Gasteiger partial charge in [-0.1, -0.05) is 6.92 Å². The normalized spacial score (nSPS) is 23.4. The molecule has 0 aliphatic carbocycles. The van der Waals surface area contributed by atoms with Crippen molar-refractivity contribution in [2.45, 2.75) is 26.3 Å². The van der Waals surface area contributed by atoms with Crippen molar-refractivity contribution in [3.8, 4) is 0 Å². The van der Waals surface area contributed by atoms with Gasteiger partial charge in [-0.25, -0.2) is 0 Å². The van der Waals surface area contributed by atoms with Crippen LogP contribution in [0.15, 0.2) is 0 Å². The molecule has 0 saturated carbocycles. The molecular formula is C10H16N2O3. The van der Waals surface area contributed by atoms with E-state index in [2.05, 4.69) is 5.32 Å². The second-order valence-corrected chi connectivity index (χ2v) is 3.90. The lowest BCUT2D eigenvalue weighted by molar-refractivity contribution is -0.142. The minimum atomic E-state index is -0.332. The number of amides is 2. The van der Waals surface area contributed by atoms with Gasteiger partial charge in [-0.2, -0.15) is 0 Å². The number of hydrogen-bond donors (Lipinski definition) is 1. The molecule has 1 aliphatic rings. The van der Waals surface area contributed by atoms with Crippen molar-refractivity contribution in [2.24, 2.45) is 5.92 Å². The molecule has 0 radical (unpaired) electrons. The zero-order valence-electron chi connectivity index (χ0n) is 9.24. The van der Waals surface area contributed by atoms with Crippen LogP contribution in [0.25, 0.3) is 0 Å². The Bertz CT molecular complexity index is 301. The number of rotatable bonds is 4. The highest BCUT2D eigenvalue weighted by Gasteiger charge is 2.36. The highest BCUT2D eigenvalue weighted by molar-refractivity contribution is 6.06. The van der Waals surface area contributed by atoms with Crippen LogP contribution < -0.4 is 5.32 Å². The smallest absolute Gasteiger partial charge is 0.232 e. The van der Waals surface area contributed by atoms with Crippen LogP contribution in [0.1, 0.15) is 20.3 Å². The largest absolute Gasteiger partial charge is 0.311 e. The van der Waals surface area contributed by atoms with Crippen LogP contribution in [0.2, 0.25) is 0 Å². The van der Waals surface area contributed by atoms with E-state index in [-0.39, 0.29) is 42.5 Å². The standard InChI is InChI=1S/C10H16N2O3/c1-6-4-9(14)12(10(6)15)5-8(13)7(2)11-3/h6-7,11H,4-5H2,1-3H3/t6?,7-/m0/s1. The first-order valence-electron chi connectivity index (χ1n) is 5.01. The van der Waals surface area contributed by atoms with Crippen molar-refractivity contribution < 1.29 is 14.4 Å². The third kappa shape index (κ3) is 2.41. The Morgan fingerprint density at radius 1 is 1.60 bits per heavy atom. The minimum absolute atomic E-state index is 0.107. The second kappa shape index (κ2) is 4.53. The fourth-order valence-corrected chi connectivity index (χ4v) is 1.47. The van der Waals surface area contributed by atoms with Crippen molar-refractivity contribution in [3.05, 3.63) is 0 Å². The Balaban J connectivity index is 2.62. The Labute approximate surface area is 88.8 Å². The summed E-state index contributed by atoms with van der Waals surface area (Å²) in [5, 5.41) is 2.78. The monoisotopic (exact) mass is 212 g/mol. The molecule has 1 fully saturated rings. The fraction of sp³-hybridized carbons (Fsp3) is 0.700. The number of carbonyl (C=O) groups is 3. The minimum Gasteiger partial charge on any atom is -0.311 e. The Hall–Kier alpha value is -1.23. The number of hydrogen-bond acceptors (Lipinski definition) is 4. The van der Waals surface area contributed by atoms with Gasteiger partial charge in [0.2, 0.25) is 11.8 Å². The molecule has 1 unspecified atom stereocenters. The number of Topliss-reactive ketones (excluding diaryl/α,β-unsaturated/α-hetero) is 1. The van der Waals surface area contributed by atoms with E-state index < -0.39 is 0 Å². The maximum atomic E-state index is 11.5. The summed E-state index contributed by atoms with van der Waals surface area (Å²) in [5.74, 6) is -0.913. The number of carbonyl (C=O) groups excluding carboxylic acids is 3. The zero-order chi connectivity index (χ0) is 11.6. The van der Waals surface area contributed by atoms with E-state index in [1.807, 2.05) is 0 Å². The van der Waals surface area contributed by atoms with Crippen molar-refractivity contribution in [1.29, 1.82) is 0 Å². The average Bonchev–Trinajstić information content (AvgIpc) is 2.43. The van der Waals surface area contributed by atoms with Crippen molar-refractivity contribution in [3.63, 3.8) is 0 Å². The van der Waals surface area contributed by atoms with Crippen molar-refractivity contribution >= 4 is 17.6 Å². The van der Waals surface area contributed by atoms with Gasteiger partial charge in [-0.15, -0.1) is 0 Å². The van der Waals surface area contributed by atoms with Crippen LogP contribution in [0.3, 0.4) is 0 Å². The molecule has 84 valence electrons. The van der Waals surface area contributed by atoms with Gasteiger partial charge in [0.1, 0.15) is 0 Å². The molecule has 5 nitrogen and oxygen atoms in total. The maximum Gasteiger partial charge on any atom is 0.232 e. The van der Waals surface area contributed by atoms with Gasteiger partial charge in [0, 0.05) is 12.3 Å². The number of nitrogens with zero attached hydrogens (tertiary/aromatic N) is 1. The molecule has 1 heterocycles. The molecule has 2 atom stereocenters. The molecule has 0 spiro atoms. The summed E-state index contributed by atoms with van der Waals surface area (Å²) >= 11 is 0. The Morgan fingerprint density at radius 2 is 2.20 bits per heavy atom. The Kier molecular flexibility index (Phi) is 3.57. The summed E-state index contributed by atoms with van der Waals surface area (Å²) in [4.78, 5) is 35.4. The van der Waals surface area contributed by atoms with Gasteiger partial charge >= 0.3 is 0 Å². The van der Waals surface area contributed by atoms with Gasteiger partial charge in [0.05, 0.1) is 12.6 Å². The molecule has 2 amide bonds. The molecule has 0 aromatic heterocycles. The average molecular weight is 212 g/mol. The summed E-state index contributed by atoms with van der Waals surface area (Å²) in [6.45, 7) is 3.30. The van der Waals surface area contributed by atoms with Crippen LogP contribution >= 0.6 is 0 Å². The summed E-state index contributed by atoms with van der Waals surface area (Å²) in [6, 6.07) is -0.332. The SMILES string of the molecule is CN[C@@H](C)C(=O)CN1C(=O)CC(C)C1=O. The third-order valence-corrected chi connectivity index (χ3v) is 2.70. The van der Waals surface area contributed by atoms with Gasteiger partial charge < -0.3 is 5.32 Å². The van der Waals surface area contributed by atoms with E-state index in [0.717, 1.165) is 4.90 Å². The molecule has 1 saturated heterocycles. The van der Waals surface area contributed by atoms with E-state index >= 15 is 0 Å². The lowest BCUT2D eigenvalue weighted by atomic mass is 10.1. The number of ketones is 1. The number of likely N-dealkylation sites (tertiary alicyclic amines) is 1. The molecule has 5 heteroatoms. The van der Waals surface area contributed by atoms with E-state index in [9.17, 15) is 14.4 Å². The molecular weight excluding hydrogens is 196 g/mol. The second-order valence-electron chi connectivity index (χ2n) is 3.90. The molecule has 0 aromatic rings. The molecule has 1 N–H and O–H groups in total. The molecule has 0 bridgehead atoms. The van der Waals surface area contributed by atoms with E-state index in [1.54, 1.807) is 20.9 Å². The first kappa shape index (κ1) is 11.8.